The highest BCUT2D eigenvalue weighted by Gasteiger charge is 2.22. The van der Waals surface area contributed by atoms with Crippen LogP contribution in [0.3, 0.4) is 0 Å². The fourth-order valence-electron chi connectivity index (χ4n) is 5.57. The average Bonchev–Trinajstić information content (AvgIpc) is 2.94. The zero-order valence-corrected chi connectivity index (χ0v) is 22.7. The van der Waals surface area contributed by atoms with Gasteiger partial charge in [0, 0.05) is 0 Å². The molecule has 0 aliphatic heterocycles. The van der Waals surface area contributed by atoms with Crippen molar-refractivity contribution in [1.29, 1.82) is 0 Å². The highest BCUT2D eigenvalue weighted by atomic mass is 17.2. The fraction of sp³-hybridized carbons (Fsp3) is 0.394. The van der Waals surface area contributed by atoms with Crippen molar-refractivity contribution < 1.29 is 19.6 Å². The lowest BCUT2D eigenvalue weighted by atomic mass is 9.77. The number of hydrogen-bond acceptors (Lipinski definition) is 4. The standard InChI is InChI=1S/C33H40O4/c1-5-7-8-9-24-10-12-26(13-11-24)27-14-16-28(17-15-27)31-20-18-29(22-25(31)6-2)30-19-21-32(36-34-3)33(23-30)37-35-4/h5,7,14-24,26H,6,8-13H2,1-4H3/b7-5+. The van der Waals surface area contributed by atoms with Crippen LogP contribution >= 0.6 is 0 Å². The van der Waals surface area contributed by atoms with E-state index in [1.54, 1.807) is 0 Å². The second-order valence-corrected chi connectivity index (χ2v) is 9.87. The fourth-order valence-corrected chi connectivity index (χ4v) is 5.57. The van der Waals surface area contributed by atoms with Crippen LogP contribution in [0.1, 0.15) is 69.4 Å². The first-order valence-electron chi connectivity index (χ1n) is 13.6. The van der Waals surface area contributed by atoms with Crippen LogP contribution in [-0.2, 0) is 16.2 Å². The number of hydrogen-bond donors (Lipinski definition) is 0. The van der Waals surface area contributed by atoms with E-state index in [1.165, 1.54) is 75.0 Å². The Kier molecular flexibility index (Phi) is 9.81. The van der Waals surface area contributed by atoms with Crippen LogP contribution in [-0.4, -0.2) is 14.2 Å². The Labute approximate surface area is 222 Å². The first-order valence-corrected chi connectivity index (χ1v) is 13.6. The zero-order valence-electron chi connectivity index (χ0n) is 22.7. The SMILES string of the molecule is C/C=C/CCC1CCC(c2ccc(-c3ccc(-c4ccc(OOC)c(OOC)c4)cc3CC)cc2)CC1. The molecule has 37 heavy (non-hydrogen) atoms. The summed E-state index contributed by atoms with van der Waals surface area (Å²) in [6.45, 7) is 4.32. The van der Waals surface area contributed by atoms with Gasteiger partial charge in [0.05, 0.1) is 14.2 Å². The van der Waals surface area contributed by atoms with Crippen LogP contribution in [0.5, 0.6) is 11.5 Å². The molecule has 0 unspecified atom stereocenters. The van der Waals surface area contributed by atoms with Crippen molar-refractivity contribution >= 4 is 0 Å². The van der Waals surface area contributed by atoms with Crippen molar-refractivity contribution in [1.82, 2.24) is 0 Å². The molecule has 0 atom stereocenters. The van der Waals surface area contributed by atoms with Crippen molar-refractivity contribution in [3.63, 3.8) is 0 Å². The van der Waals surface area contributed by atoms with Gasteiger partial charge >= 0.3 is 0 Å². The van der Waals surface area contributed by atoms with E-state index in [-0.39, 0.29) is 0 Å². The predicted octanol–water partition coefficient (Wildman–Crippen LogP) is 9.09. The van der Waals surface area contributed by atoms with Gasteiger partial charge in [-0.15, -0.1) is 0 Å². The minimum atomic E-state index is 0.461. The quantitative estimate of drug-likeness (QED) is 0.149. The lowest BCUT2D eigenvalue weighted by Crippen LogP contribution is -2.13. The minimum absolute atomic E-state index is 0.461. The molecule has 1 aliphatic rings. The van der Waals surface area contributed by atoms with E-state index in [4.69, 9.17) is 19.6 Å². The highest BCUT2D eigenvalue weighted by molar-refractivity contribution is 5.75. The Hall–Kier alpha value is -3.08. The lowest BCUT2D eigenvalue weighted by molar-refractivity contribution is -0.201. The summed E-state index contributed by atoms with van der Waals surface area (Å²) in [5, 5.41) is 0. The van der Waals surface area contributed by atoms with E-state index < -0.39 is 0 Å². The summed E-state index contributed by atoms with van der Waals surface area (Å²) >= 11 is 0. The smallest absolute Gasteiger partial charge is 0.211 e. The number of benzene rings is 3. The van der Waals surface area contributed by atoms with E-state index in [2.05, 4.69) is 68.5 Å². The molecule has 4 nitrogen and oxygen atoms in total. The molecule has 0 aromatic heterocycles. The van der Waals surface area contributed by atoms with Gasteiger partial charge in [-0.2, -0.15) is 9.78 Å². The molecule has 0 amide bonds. The van der Waals surface area contributed by atoms with Gasteiger partial charge in [0.2, 0.25) is 11.5 Å². The van der Waals surface area contributed by atoms with Crippen molar-refractivity contribution in [2.75, 3.05) is 14.2 Å². The lowest BCUT2D eigenvalue weighted by Gasteiger charge is -2.28. The van der Waals surface area contributed by atoms with Gasteiger partial charge < -0.3 is 9.78 Å². The van der Waals surface area contributed by atoms with Gasteiger partial charge in [0.25, 0.3) is 0 Å². The second kappa shape index (κ2) is 13.5. The molecule has 0 spiro atoms. The topological polar surface area (TPSA) is 36.9 Å². The zero-order chi connectivity index (χ0) is 26.0. The van der Waals surface area contributed by atoms with Crippen LogP contribution in [0.4, 0.5) is 0 Å². The minimum Gasteiger partial charge on any atom is -0.334 e. The number of rotatable bonds is 11. The van der Waals surface area contributed by atoms with E-state index in [9.17, 15) is 0 Å². The molecule has 0 heterocycles. The maximum absolute atomic E-state index is 5.28. The molecule has 1 fully saturated rings. The van der Waals surface area contributed by atoms with E-state index in [0.29, 0.717) is 17.4 Å². The Bertz CT molecular complexity index is 1160. The van der Waals surface area contributed by atoms with Crippen molar-refractivity contribution in [3.8, 4) is 33.8 Å². The second-order valence-electron chi connectivity index (χ2n) is 9.87. The molecule has 3 aromatic rings. The summed E-state index contributed by atoms with van der Waals surface area (Å²) < 4.78 is 0. The monoisotopic (exact) mass is 500 g/mol. The van der Waals surface area contributed by atoms with Crippen molar-refractivity contribution in [2.24, 2.45) is 5.92 Å². The summed E-state index contributed by atoms with van der Waals surface area (Å²) in [6, 6.07) is 21.7. The van der Waals surface area contributed by atoms with Gasteiger partial charge in [-0.3, -0.25) is 0 Å². The largest absolute Gasteiger partial charge is 0.334 e. The third kappa shape index (κ3) is 6.82. The summed E-state index contributed by atoms with van der Waals surface area (Å²) in [4.78, 5) is 20.1. The Morgan fingerprint density at radius 3 is 2.08 bits per heavy atom. The van der Waals surface area contributed by atoms with E-state index in [1.807, 2.05) is 18.2 Å². The molecule has 3 aromatic carbocycles. The van der Waals surface area contributed by atoms with E-state index >= 15 is 0 Å². The van der Waals surface area contributed by atoms with Gasteiger partial charge in [0.1, 0.15) is 0 Å². The normalized spacial score (nSPS) is 17.7. The first-order chi connectivity index (χ1) is 18.2. The Balaban J connectivity index is 1.48. The Morgan fingerprint density at radius 2 is 1.41 bits per heavy atom. The summed E-state index contributed by atoms with van der Waals surface area (Å²) in [6.07, 6.45) is 13.4. The summed E-state index contributed by atoms with van der Waals surface area (Å²) in [5.74, 6) is 2.53. The summed E-state index contributed by atoms with van der Waals surface area (Å²) in [7, 11) is 2.93. The van der Waals surface area contributed by atoms with Crippen molar-refractivity contribution in [3.05, 3.63) is 83.9 Å². The van der Waals surface area contributed by atoms with Crippen LogP contribution in [0.2, 0.25) is 0 Å². The van der Waals surface area contributed by atoms with Crippen LogP contribution in [0.25, 0.3) is 22.3 Å². The Morgan fingerprint density at radius 1 is 0.757 bits per heavy atom. The van der Waals surface area contributed by atoms with Crippen LogP contribution < -0.4 is 9.78 Å². The van der Waals surface area contributed by atoms with Gasteiger partial charge in [-0.25, -0.2) is 0 Å². The number of allylic oxidation sites excluding steroid dienone is 2. The molecule has 1 saturated carbocycles. The molecule has 196 valence electrons. The highest BCUT2D eigenvalue weighted by Crippen LogP contribution is 2.39. The molecule has 1 aliphatic carbocycles. The number of aryl methyl sites for hydroxylation is 1. The molecule has 0 bridgehead atoms. The van der Waals surface area contributed by atoms with Crippen LogP contribution in [0.15, 0.2) is 72.8 Å². The van der Waals surface area contributed by atoms with Gasteiger partial charge in [-0.05, 0) is 109 Å². The predicted molar refractivity (Wildman–Crippen MR) is 151 cm³/mol. The molecular formula is C33H40O4. The molecular weight excluding hydrogens is 460 g/mol. The first kappa shape index (κ1) is 27.0. The van der Waals surface area contributed by atoms with Crippen LogP contribution in [0, 0.1) is 5.92 Å². The molecule has 4 heteroatoms. The van der Waals surface area contributed by atoms with Gasteiger partial charge in [0.15, 0.2) is 0 Å². The molecule has 4 rings (SSSR count). The van der Waals surface area contributed by atoms with Gasteiger partial charge in [-0.1, -0.05) is 67.6 Å². The van der Waals surface area contributed by atoms with Crippen molar-refractivity contribution in [2.45, 2.75) is 64.7 Å². The average molecular weight is 501 g/mol. The maximum atomic E-state index is 5.28. The molecule has 0 saturated heterocycles. The third-order valence-corrected chi connectivity index (χ3v) is 7.63. The summed E-state index contributed by atoms with van der Waals surface area (Å²) in [5.41, 5.74) is 7.52. The maximum Gasteiger partial charge on any atom is 0.211 e. The third-order valence-electron chi connectivity index (χ3n) is 7.63. The van der Waals surface area contributed by atoms with E-state index in [0.717, 1.165) is 23.5 Å². The molecule has 0 N–H and O–H groups in total. The molecule has 0 radical (unpaired) electrons.